The van der Waals surface area contributed by atoms with E-state index in [1.807, 2.05) is 26.0 Å². The number of fused-ring (bicyclic) bond motifs is 1. The molecule has 0 bridgehead atoms. The van der Waals surface area contributed by atoms with Crippen molar-refractivity contribution in [1.29, 1.82) is 0 Å². The molecule has 0 aliphatic heterocycles. The Hall–Kier alpha value is -1.15. The van der Waals surface area contributed by atoms with Crippen LogP contribution >= 0.6 is 11.6 Å². The van der Waals surface area contributed by atoms with Crippen LogP contribution in [0, 0.1) is 13.8 Å². The molecule has 2 heterocycles. The van der Waals surface area contributed by atoms with Crippen molar-refractivity contribution < 1.29 is 0 Å². The van der Waals surface area contributed by atoms with Gasteiger partial charge in [0.05, 0.1) is 5.02 Å². The molecular weight excluding hydrogens is 184 g/mol. The van der Waals surface area contributed by atoms with Gasteiger partial charge in [-0.2, -0.15) is 0 Å². The zero-order chi connectivity index (χ0) is 9.42. The third-order valence-corrected chi connectivity index (χ3v) is 2.48. The lowest BCUT2D eigenvalue weighted by molar-refractivity contribution is 1.19. The second kappa shape index (κ2) is 2.96. The van der Waals surface area contributed by atoms with E-state index in [2.05, 4.69) is 9.97 Å². The van der Waals surface area contributed by atoms with E-state index in [-0.39, 0.29) is 0 Å². The maximum atomic E-state index is 6.10. The van der Waals surface area contributed by atoms with Gasteiger partial charge < -0.3 is 0 Å². The molecule has 0 aliphatic rings. The molecule has 3 heteroatoms. The predicted molar refractivity (Wildman–Crippen MR) is 54.0 cm³/mol. The fraction of sp³-hybridized carbons (Fsp3) is 0.200. The van der Waals surface area contributed by atoms with Gasteiger partial charge in [0.1, 0.15) is 0 Å². The highest BCUT2D eigenvalue weighted by atomic mass is 35.5. The molecule has 0 spiro atoms. The van der Waals surface area contributed by atoms with Gasteiger partial charge in [-0.05, 0) is 31.5 Å². The van der Waals surface area contributed by atoms with Gasteiger partial charge in [0.2, 0.25) is 0 Å². The van der Waals surface area contributed by atoms with Crippen LogP contribution in [0.15, 0.2) is 18.3 Å². The lowest BCUT2D eigenvalue weighted by atomic mass is 10.2. The molecule has 0 unspecified atom stereocenters. The van der Waals surface area contributed by atoms with Crippen molar-refractivity contribution in [2.24, 2.45) is 0 Å². The van der Waals surface area contributed by atoms with E-state index in [4.69, 9.17) is 11.6 Å². The molecule has 13 heavy (non-hydrogen) atoms. The smallest absolute Gasteiger partial charge is 0.160 e. The molecule has 2 aromatic heterocycles. The monoisotopic (exact) mass is 192 g/mol. The van der Waals surface area contributed by atoms with Crippen LogP contribution in [0.2, 0.25) is 5.02 Å². The van der Waals surface area contributed by atoms with E-state index in [9.17, 15) is 0 Å². The first-order valence-electron chi connectivity index (χ1n) is 4.07. The van der Waals surface area contributed by atoms with Crippen LogP contribution in [0.4, 0.5) is 0 Å². The van der Waals surface area contributed by atoms with Crippen LogP contribution < -0.4 is 0 Å². The number of hydrogen-bond donors (Lipinski definition) is 0. The zero-order valence-electron chi connectivity index (χ0n) is 7.50. The molecule has 2 rings (SSSR count). The summed E-state index contributed by atoms with van der Waals surface area (Å²) in [6.45, 7) is 3.88. The number of aromatic nitrogens is 2. The molecular formula is C10H9ClN2. The maximum absolute atomic E-state index is 6.10. The Morgan fingerprint density at radius 2 is 2.00 bits per heavy atom. The van der Waals surface area contributed by atoms with Gasteiger partial charge in [0, 0.05) is 17.3 Å². The molecule has 0 N–H and O–H groups in total. The summed E-state index contributed by atoms with van der Waals surface area (Å²) in [6, 6.07) is 3.90. The van der Waals surface area contributed by atoms with E-state index >= 15 is 0 Å². The van der Waals surface area contributed by atoms with Gasteiger partial charge in [0.25, 0.3) is 0 Å². The van der Waals surface area contributed by atoms with Crippen molar-refractivity contribution >= 4 is 22.6 Å². The first kappa shape index (κ1) is 8.45. The third-order valence-electron chi connectivity index (χ3n) is 1.98. The van der Waals surface area contributed by atoms with Crippen LogP contribution in [0.1, 0.15) is 11.3 Å². The topological polar surface area (TPSA) is 25.8 Å². The number of hydrogen-bond acceptors (Lipinski definition) is 2. The molecule has 0 radical (unpaired) electrons. The zero-order valence-corrected chi connectivity index (χ0v) is 8.26. The van der Waals surface area contributed by atoms with Crippen molar-refractivity contribution in [2.75, 3.05) is 0 Å². The number of aryl methyl sites for hydroxylation is 2. The molecule has 0 amide bonds. The van der Waals surface area contributed by atoms with Crippen molar-refractivity contribution in [2.45, 2.75) is 13.8 Å². The molecule has 0 saturated heterocycles. The van der Waals surface area contributed by atoms with E-state index in [1.165, 1.54) is 0 Å². The molecule has 2 nitrogen and oxygen atoms in total. The van der Waals surface area contributed by atoms with Crippen LogP contribution in [0.25, 0.3) is 11.0 Å². The molecule has 0 aliphatic carbocycles. The molecule has 0 aromatic carbocycles. The van der Waals surface area contributed by atoms with Crippen molar-refractivity contribution in [3.05, 3.63) is 34.6 Å². The number of nitrogens with zero attached hydrogens (tertiary/aromatic N) is 2. The number of rotatable bonds is 0. The van der Waals surface area contributed by atoms with E-state index in [0.29, 0.717) is 0 Å². The van der Waals surface area contributed by atoms with Gasteiger partial charge in [-0.1, -0.05) is 11.6 Å². The largest absolute Gasteiger partial charge is 0.236 e. The second-order valence-corrected chi connectivity index (χ2v) is 3.46. The summed E-state index contributed by atoms with van der Waals surface area (Å²) in [4.78, 5) is 8.49. The lowest BCUT2D eigenvalue weighted by Gasteiger charge is -2.02. The summed E-state index contributed by atoms with van der Waals surface area (Å²) < 4.78 is 0. The third kappa shape index (κ3) is 1.38. The summed E-state index contributed by atoms with van der Waals surface area (Å²) in [6.07, 6.45) is 1.75. The summed E-state index contributed by atoms with van der Waals surface area (Å²) in [5, 5.41) is 1.67. The summed E-state index contributed by atoms with van der Waals surface area (Å²) in [5.41, 5.74) is 2.66. The first-order valence-corrected chi connectivity index (χ1v) is 4.45. The minimum absolute atomic E-state index is 0.718. The highest BCUT2D eigenvalue weighted by Crippen LogP contribution is 2.23. The Bertz CT molecular complexity index is 466. The van der Waals surface area contributed by atoms with E-state index in [1.54, 1.807) is 6.20 Å². The van der Waals surface area contributed by atoms with Crippen molar-refractivity contribution in [3.63, 3.8) is 0 Å². The Morgan fingerprint density at radius 1 is 1.23 bits per heavy atom. The quantitative estimate of drug-likeness (QED) is 0.642. The number of pyridine rings is 2. The Balaban J connectivity index is 2.87. The van der Waals surface area contributed by atoms with E-state index in [0.717, 1.165) is 27.3 Å². The first-order chi connectivity index (χ1) is 6.18. The van der Waals surface area contributed by atoms with Gasteiger partial charge >= 0.3 is 0 Å². The average Bonchev–Trinajstić information content (AvgIpc) is 2.12. The normalized spacial score (nSPS) is 10.7. The molecule has 0 atom stereocenters. The Morgan fingerprint density at radius 3 is 2.77 bits per heavy atom. The fourth-order valence-electron chi connectivity index (χ4n) is 1.24. The highest BCUT2D eigenvalue weighted by Gasteiger charge is 2.03. The van der Waals surface area contributed by atoms with Crippen LogP contribution in [-0.2, 0) is 0 Å². The van der Waals surface area contributed by atoms with Gasteiger partial charge in [-0.3, -0.25) is 0 Å². The summed E-state index contributed by atoms with van der Waals surface area (Å²) in [5.74, 6) is 0. The van der Waals surface area contributed by atoms with Gasteiger partial charge in [-0.15, -0.1) is 0 Å². The molecule has 0 saturated carbocycles. The minimum atomic E-state index is 0.718. The molecule has 0 fully saturated rings. The highest BCUT2D eigenvalue weighted by molar-refractivity contribution is 6.35. The lowest BCUT2D eigenvalue weighted by Crippen LogP contribution is -1.89. The number of halogens is 1. The predicted octanol–water partition coefficient (Wildman–Crippen LogP) is 2.90. The summed E-state index contributed by atoms with van der Waals surface area (Å²) in [7, 11) is 0. The maximum Gasteiger partial charge on any atom is 0.160 e. The van der Waals surface area contributed by atoms with E-state index < -0.39 is 0 Å². The van der Waals surface area contributed by atoms with Crippen LogP contribution in [0.5, 0.6) is 0 Å². The Labute approximate surface area is 81.6 Å². The van der Waals surface area contributed by atoms with Gasteiger partial charge in [0.15, 0.2) is 5.65 Å². The average molecular weight is 193 g/mol. The van der Waals surface area contributed by atoms with Crippen molar-refractivity contribution in [3.8, 4) is 0 Å². The molecule has 2 aromatic rings. The van der Waals surface area contributed by atoms with Crippen LogP contribution in [0.3, 0.4) is 0 Å². The molecule has 66 valence electrons. The fourth-order valence-corrected chi connectivity index (χ4v) is 1.44. The standard InChI is InChI=1S/C10H9ClN2/c1-6-5-12-10-8(9(6)11)4-3-7(2)13-10/h3-5H,1-2H3. The Kier molecular flexibility index (Phi) is 1.93. The summed E-state index contributed by atoms with van der Waals surface area (Å²) >= 11 is 6.10. The van der Waals surface area contributed by atoms with Crippen LogP contribution in [-0.4, -0.2) is 9.97 Å². The minimum Gasteiger partial charge on any atom is -0.236 e. The van der Waals surface area contributed by atoms with Crippen molar-refractivity contribution in [1.82, 2.24) is 9.97 Å². The SMILES string of the molecule is Cc1ccc2c(Cl)c(C)cnc2n1. The second-order valence-electron chi connectivity index (χ2n) is 3.08. The van der Waals surface area contributed by atoms with Gasteiger partial charge in [-0.25, -0.2) is 9.97 Å².